The minimum atomic E-state index is 0.626. The number of aromatic nitrogens is 2. The molecule has 0 unspecified atom stereocenters. The van der Waals surface area contributed by atoms with E-state index < -0.39 is 0 Å². The fraction of sp³-hybridized carbons (Fsp3) is 0. The van der Waals surface area contributed by atoms with Crippen LogP contribution in [0.4, 0.5) is 0 Å². The van der Waals surface area contributed by atoms with Gasteiger partial charge in [0.25, 0.3) is 0 Å². The fourth-order valence-corrected chi connectivity index (χ4v) is 3.41. The van der Waals surface area contributed by atoms with E-state index in [1.807, 2.05) is 82.7 Å². The first-order chi connectivity index (χ1) is 11.9. The maximum atomic E-state index is 9.62. The van der Waals surface area contributed by atoms with Crippen molar-refractivity contribution in [1.29, 1.82) is 5.26 Å². The summed E-state index contributed by atoms with van der Waals surface area (Å²) < 4.78 is 2.04. The lowest BCUT2D eigenvalue weighted by Crippen LogP contribution is -1.88. The van der Waals surface area contributed by atoms with E-state index in [4.69, 9.17) is 4.98 Å². The highest BCUT2D eigenvalue weighted by Crippen LogP contribution is 2.29. The Morgan fingerprint density at radius 2 is 1.75 bits per heavy atom. The summed E-state index contributed by atoms with van der Waals surface area (Å²) in [6.45, 7) is 0. The molecule has 0 fully saturated rings. The molecule has 114 valence electrons. The van der Waals surface area contributed by atoms with E-state index >= 15 is 0 Å². The van der Waals surface area contributed by atoms with Crippen LogP contribution in [-0.4, -0.2) is 9.38 Å². The van der Waals surface area contributed by atoms with Gasteiger partial charge in [-0.25, -0.2) is 4.98 Å². The first-order valence-electron chi connectivity index (χ1n) is 7.55. The van der Waals surface area contributed by atoms with Crippen molar-refractivity contribution in [3.05, 3.63) is 83.5 Å². The van der Waals surface area contributed by atoms with E-state index in [1.54, 1.807) is 11.3 Å². The van der Waals surface area contributed by atoms with Gasteiger partial charge in [-0.1, -0.05) is 60.7 Å². The van der Waals surface area contributed by atoms with Crippen LogP contribution in [0.2, 0.25) is 0 Å². The van der Waals surface area contributed by atoms with Gasteiger partial charge < -0.3 is 0 Å². The summed E-state index contributed by atoms with van der Waals surface area (Å²) in [6, 6.07) is 22.1. The van der Waals surface area contributed by atoms with E-state index in [0.29, 0.717) is 5.57 Å². The van der Waals surface area contributed by atoms with Gasteiger partial charge in [0, 0.05) is 17.1 Å². The predicted octanol–water partition coefficient (Wildman–Crippen LogP) is 5.13. The number of hydrogen-bond acceptors (Lipinski definition) is 3. The van der Waals surface area contributed by atoms with Gasteiger partial charge in [-0.05, 0) is 11.6 Å². The Bertz CT molecular complexity index is 1050. The number of thiazole rings is 1. The first-order valence-corrected chi connectivity index (χ1v) is 8.43. The van der Waals surface area contributed by atoms with E-state index in [1.165, 1.54) is 0 Å². The number of fused-ring (bicyclic) bond motifs is 1. The lowest BCUT2D eigenvalue weighted by atomic mass is 10.0. The van der Waals surface area contributed by atoms with Gasteiger partial charge in [0.1, 0.15) is 0 Å². The molecule has 24 heavy (non-hydrogen) atoms. The standard InChI is InChI=1S/C20H13N3S/c21-14-17(15-7-3-1-4-8-15)13-18-19(16-9-5-2-6-10-16)22-20-23(18)11-12-24-20/h1-13H/b17-13+. The second-order valence-electron chi connectivity index (χ2n) is 5.30. The molecule has 0 radical (unpaired) electrons. The summed E-state index contributed by atoms with van der Waals surface area (Å²) in [4.78, 5) is 5.67. The van der Waals surface area contributed by atoms with Crippen LogP contribution in [0.25, 0.3) is 27.9 Å². The van der Waals surface area contributed by atoms with Crippen molar-refractivity contribution in [2.24, 2.45) is 0 Å². The molecule has 2 aromatic carbocycles. The molecule has 0 aliphatic heterocycles. The molecule has 0 saturated carbocycles. The zero-order chi connectivity index (χ0) is 16.4. The smallest absolute Gasteiger partial charge is 0.194 e. The second-order valence-corrected chi connectivity index (χ2v) is 6.18. The SMILES string of the molecule is N#C/C(=C\c1c(-c2ccccc2)nc2sccn12)c1ccccc1. The van der Waals surface area contributed by atoms with Crippen molar-refractivity contribution >= 4 is 27.9 Å². The molecule has 0 aliphatic rings. The Kier molecular flexibility index (Phi) is 3.70. The summed E-state index contributed by atoms with van der Waals surface area (Å²) >= 11 is 1.59. The lowest BCUT2D eigenvalue weighted by molar-refractivity contribution is 1.21. The first kappa shape index (κ1) is 14.4. The molecule has 0 saturated heterocycles. The third-order valence-electron chi connectivity index (χ3n) is 3.83. The minimum Gasteiger partial charge on any atom is -0.290 e. The van der Waals surface area contributed by atoms with Gasteiger partial charge in [0.15, 0.2) is 4.96 Å². The number of allylic oxidation sites excluding steroid dienone is 1. The van der Waals surface area contributed by atoms with Crippen LogP contribution < -0.4 is 0 Å². The molecule has 0 aliphatic carbocycles. The molecule has 0 amide bonds. The third kappa shape index (κ3) is 2.51. The Morgan fingerprint density at radius 3 is 2.46 bits per heavy atom. The molecule has 2 heterocycles. The number of imidazole rings is 1. The topological polar surface area (TPSA) is 41.1 Å². The number of rotatable bonds is 3. The van der Waals surface area contributed by atoms with Crippen LogP contribution in [0.15, 0.2) is 72.2 Å². The molecule has 0 atom stereocenters. The maximum absolute atomic E-state index is 9.62. The van der Waals surface area contributed by atoms with Crippen molar-refractivity contribution in [1.82, 2.24) is 9.38 Å². The van der Waals surface area contributed by atoms with Gasteiger partial charge in [-0.15, -0.1) is 11.3 Å². The Morgan fingerprint density at radius 1 is 1.04 bits per heavy atom. The van der Waals surface area contributed by atoms with Crippen molar-refractivity contribution in [2.45, 2.75) is 0 Å². The Hall–Kier alpha value is -3.16. The third-order valence-corrected chi connectivity index (χ3v) is 4.59. The van der Waals surface area contributed by atoms with Gasteiger partial charge >= 0.3 is 0 Å². The monoisotopic (exact) mass is 327 g/mol. The predicted molar refractivity (Wildman–Crippen MR) is 98.4 cm³/mol. The van der Waals surface area contributed by atoms with Gasteiger partial charge in [-0.2, -0.15) is 5.26 Å². The zero-order valence-electron chi connectivity index (χ0n) is 12.8. The second kappa shape index (κ2) is 6.15. The van der Waals surface area contributed by atoms with E-state index in [0.717, 1.165) is 27.5 Å². The summed E-state index contributed by atoms with van der Waals surface area (Å²) in [7, 11) is 0. The molecule has 4 heteroatoms. The van der Waals surface area contributed by atoms with Gasteiger partial charge in [0.05, 0.1) is 23.0 Å². The molecular weight excluding hydrogens is 314 g/mol. The highest BCUT2D eigenvalue weighted by Gasteiger charge is 2.14. The summed E-state index contributed by atoms with van der Waals surface area (Å²) in [6.07, 6.45) is 3.91. The van der Waals surface area contributed by atoms with Crippen molar-refractivity contribution < 1.29 is 0 Å². The zero-order valence-corrected chi connectivity index (χ0v) is 13.6. The van der Waals surface area contributed by atoms with E-state index in [-0.39, 0.29) is 0 Å². The van der Waals surface area contributed by atoms with Crippen molar-refractivity contribution in [3.63, 3.8) is 0 Å². The number of benzene rings is 2. The van der Waals surface area contributed by atoms with Gasteiger partial charge in [-0.3, -0.25) is 4.40 Å². The van der Waals surface area contributed by atoms with Crippen LogP contribution >= 0.6 is 11.3 Å². The number of nitriles is 1. The van der Waals surface area contributed by atoms with Crippen LogP contribution in [0, 0.1) is 11.3 Å². The molecule has 3 nitrogen and oxygen atoms in total. The summed E-state index contributed by atoms with van der Waals surface area (Å²) in [5.41, 5.74) is 4.40. The minimum absolute atomic E-state index is 0.626. The van der Waals surface area contributed by atoms with Crippen LogP contribution in [-0.2, 0) is 0 Å². The molecule has 0 bridgehead atoms. The molecule has 0 spiro atoms. The molecular formula is C20H13N3S. The van der Waals surface area contributed by atoms with Crippen LogP contribution in [0.3, 0.4) is 0 Å². The van der Waals surface area contributed by atoms with Crippen LogP contribution in [0.5, 0.6) is 0 Å². The summed E-state index contributed by atoms with van der Waals surface area (Å²) in [5.74, 6) is 0. The average molecular weight is 327 g/mol. The van der Waals surface area contributed by atoms with Crippen molar-refractivity contribution in [2.75, 3.05) is 0 Å². The number of nitrogens with zero attached hydrogens (tertiary/aromatic N) is 3. The molecule has 2 aromatic heterocycles. The average Bonchev–Trinajstić information content (AvgIpc) is 3.23. The van der Waals surface area contributed by atoms with E-state index in [2.05, 4.69) is 6.07 Å². The normalized spacial score (nSPS) is 11.5. The lowest BCUT2D eigenvalue weighted by Gasteiger charge is -2.02. The molecule has 4 rings (SSSR count). The Balaban J connectivity index is 1.94. The highest BCUT2D eigenvalue weighted by molar-refractivity contribution is 7.15. The summed E-state index contributed by atoms with van der Waals surface area (Å²) in [5, 5.41) is 11.6. The van der Waals surface area contributed by atoms with Crippen LogP contribution in [0.1, 0.15) is 11.3 Å². The maximum Gasteiger partial charge on any atom is 0.194 e. The molecule has 0 N–H and O–H groups in total. The number of hydrogen-bond donors (Lipinski definition) is 0. The Labute approximate surface area is 143 Å². The highest BCUT2D eigenvalue weighted by atomic mass is 32.1. The molecule has 4 aromatic rings. The largest absolute Gasteiger partial charge is 0.290 e. The quantitative estimate of drug-likeness (QED) is 0.490. The van der Waals surface area contributed by atoms with E-state index in [9.17, 15) is 5.26 Å². The van der Waals surface area contributed by atoms with Gasteiger partial charge in [0.2, 0.25) is 0 Å². The van der Waals surface area contributed by atoms with Crippen molar-refractivity contribution in [3.8, 4) is 17.3 Å². The fourth-order valence-electron chi connectivity index (χ4n) is 2.68.